The van der Waals surface area contributed by atoms with Gasteiger partial charge < -0.3 is 29.2 Å². The maximum atomic E-state index is 12.5. The van der Waals surface area contributed by atoms with Gasteiger partial charge in [-0.1, -0.05) is 24.3 Å². The van der Waals surface area contributed by atoms with Gasteiger partial charge in [-0.3, -0.25) is 4.79 Å². The molecule has 3 aromatic rings. The quantitative estimate of drug-likeness (QED) is 0.398. The van der Waals surface area contributed by atoms with E-state index >= 15 is 0 Å². The van der Waals surface area contributed by atoms with Crippen molar-refractivity contribution < 1.29 is 28.7 Å². The summed E-state index contributed by atoms with van der Waals surface area (Å²) in [6.45, 7) is 3.93. The third-order valence-electron chi connectivity index (χ3n) is 4.74. The number of carbonyl (C=O) groups excluding carboxylic acids is 1. The molecule has 0 unspecified atom stereocenters. The fraction of sp³-hybridized carbons (Fsp3) is 0.286. The van der Waals surface area contributed by atoms with Crippen LogP contribution < -0.4 is 10.1 Å². The van der Waals surface area contributed by atoms with E-state index in [1.807, 2.05) is 26.0 Å². The van der Waals surface area contributed by atoms with Crippen molar-refractivity contribution in [1.82, 2.24) is 5.32 Å². The Morgan fingerprint density at radius 3 is 2.48 bits per heavy atom. The molecule has 1 aromatic heterocycles. The first-order chi connectivity index (χ1) is 13.9. The Hall–Kier alpha value is -2.81. The molecule has 0 saturated carbocycles. The smallest absolute Gasteiger partial charge is 0.497 e. The molecule has 2 aromatic carbocycles. The zero-order valence-electron chi connectivity index (χ0n) is 16.6. The molecule has 0 aliphatic heterocycles. The van der Waals surface area contributed by atoms with Gasteiger partial charge in [0, 0.05) is 17.4 Å². The minimum Gasteiger partial charge on any atom is -0.497 e. The summed E-state index contributed by atoms with van der Waals surface area (Å²) in [7, 11) is -0.436. The Morgan fingerprint density at radius 2 is 1.83 bits per heavy atom. The van der Waals surface area contributed by atoms with Gasteiger partial charge >= 0.3 is 7.32 Å². The molecule has 3 rings (SSSR count). The highest BCUT2D eigenvalue weighted by atomic mass is 16.6. The van der Waals surface area contributed by atoms with Crippen molar-refractivity contribution in [3.8, 4) is 5.75 Å². The molecule has 1 atom stereocenters. The van der Waals surface area contributed by atoms with Gasteiger partial charge in [-0.25, -0.2) is 0 Å². The lowest BCUT2D eigenvalue weighted by molar-refractivity contribution is -0.123. The zero-order valence-corrected chi connectivity index (χ0v) is 16.6. The summed E-state index contributed by atoms with van der Waals surface area (Å²) in [6, 6.07) is 11.1. The summed E-state index contributed by atoms with van der Waals surface area (Å²) >= 11 is 0. The second-order valence-electron chi connectivity index (χ2n) is 6.91. The maximum absolute atomic E-state index is 12.5. The molecule has 3 N–H and O–H groups in total. The van der Waals surface area contributed by atoms with Crippen LogP contribution in [0.3, 0.4) is 0 Å². The molecule has 1 amide bonds. The van der Waals surface area contributed by atoms with Crippen LogP contribution in [-0.4, -0.2) is 36.6 Å². The van der Waals surface area contributed by atoms with Gasteiger partial charge in [0.05, 0.1) is 19.8 Å². The molecule has 0 spiro atoms. The average molecular weight is 397 g/mol. The number of amides is 1. The van der Waals surface area contributed by atoms with Crippen molar-refractivity contribution in [1.29, 1.82) is 0 Å². The monoisotopic (exact) mass is 397 g/mol. The highest BCUT2D eigenvalue weighted by Crippen LogP contribution is 2.28. The van der Waals surface area contributed by atoms with Crippen molar-refractivity contribution in [3.63, 3.8) is 0 Å². The third kappa shape index (κ3) is 5.17. The molecule has 0 bridgehead atoms. The summed E-state index contributed by atoms with van der Waals surface area (Å²) in [6.07, 6.45) is 1.03. The lowest BCUT2D eigenvalue weighted by Gasteiger charge is -2.19. The number of carbonyl (C=O) groups is 1. The van der Waals surface area contributed by atoms with Crippen LogP contribution in [-0.2, 0) is 22.3 Å². The molecule has 0 aliphatic rings. The Kier molecular flexibility index (Phi) is 6.58. The number of rotatable bonds is 8. The van der Waals surface area contributed by atoms with E-state index in [1.54, 1.807) is 37.6 Å². The number of nitrogens with one attached hydrogen (secondary N) is 1. The van der Waals surface area contributed by atoms with Crippen molar-refractivity contribution in [2.45, 2.75) is 32.9 Å². The first-order valence-electron chi connectivity index (χ1n) is 9.27. The second kappa shape index (κ2) is 9.13. The second-order valence-corrected chi connectivity index (χ2v) is 6.91. The molecule has 7 nitrogen and oxygen atoms in total. The van der Waals surface area contributed by atoms with Crippen molar-refractivity contribution in [3.05, 3.63) is 64.9 Å². The van der Waals surface area contributed by atoms with Gasteiger partial charge in [0.1, 0.15) is 17.6 Å². The van der Waals surface area contributed by atoms with E-state index in [1.165, 1.54) is 0 Å². The number of furan rings is 1. The van der Waals surface area contributed by atoms with Crippen molar-refractivity contribution >= 4 is 24.2 Å². The van der Waals surface area contributed by atoms with Crippen LogP contribution in [0.2, 0.25) is 0 Å². The van der Waals surface area contributed by atoms with E-state index in [0.29, 0.717) is 5.75 Å². The first-order valence-corrected chi connectivity index (χ1v) is 9.27. The van der Waals surface area contributed by atoms with Crippen LogP contribution in [0.5, 0.6) is 5.75 Å². The van der Waals surface area contributed by atoms with Crippen LogP contribution in [0, 0.1) is 13.8 Å². The number of hydrogen-bond donors (Lipinski definition) is 3. The lowest BCUT2D eigenvalue weighted by Crippen LogP contribution is -2.43. The van der Waals surface area contributed by atoms with Crippen LogP contribution in [0.25, 0.3) is 11.0 Å². The predicted molar refractivity (Wildman–Crippen MR) is 109 cm³/mol. The van der Waals surface area contributed by atoms with Gasteiger partial charge in [-0.2, -0.15) is 0 Å². The fourth-order valence-electron chi connectivity index (χ4n) is 3.31. The Balaban J connectivity index is 1.74. The Bertz CT molecular complexity index is 983. The van der Waals surface area contributed by atoms with Gasteiger partial charge in [0.15, 0.2) is 0 Å². The predicted octanol–water partition coefficient (Wildman–Crippen LogP) is 2.27. The van der Waals surface area contributed by atoms with Crippen LogP contribution >= 0.6 is 0 Å². The molecule has 0 fully saturated rings. The molecule has 0 radical (unpaired) electrons. The van der Waals surface area contributed by atoms with Crippen LogP contribution in [0.15, 0.2) is 47.1 Å². The van der Waals surface area contributed by atoms with E-state index in [-0.39, 0.29) is 18.7 Å². The van der Waals surface area contributed by atoms with Gasteiger partial charge in [0.2, 0.25) is 5.91 Å². The minimum absolute atomic E-state index is 0.121. The Morgan fingerprint density at radius 1 is 1.14 bits per heavy atom. The highest BCUT2D eigenvalue weighted by molar-refractivity contribution is 6.32. The molecule has 0 saturated heterocycles. The maximum Gasteiger partial charge on any atom is 0.635 e. The number of fused-ring (bicyclic) bond motifs is 1. The number of ether oxygens (including phenoxy) is 1. The zero-order chi connectivity index (χ0) is 21.0. The van der Waals surface area contributed by atoms with E-state index in [0.717, 1.165) is 33.2 Å². The number of aryl methyl sites for hydroxylation is 2. The van der Waals surface area contributed by atoms with Crippen LogP contribution in [0.1, 0.15) is 22.3 Å². The number of benzene rings is 2. The SMILES string of the molecule is COc1ccc(CC(=O)N[C@@H](Cc2coc3c(C)ccc(C)c23)OB(O)O)cc1. The molecular formula is C21H24BNO6. The molecule has 1 heterocycles. The summed E-state index contributed by atoms with van der Waals surface area (Å²) in [4.78, 5) is 12.5. The molecular weight excluding hydrogens is 373 g/mol. The molecule has 8 heteroatoms. The van der Waals surface area contributed by atoms with Crippen molar-refractivity contribution in [2.24, 2.45) is 0 Å². The topological polar surface area (TPSA) is 101 Å². The van der Waals surface area contributed by atoms with Crippen LogP contribution in [0.4, 0.5) is 0 Å². The Labute approximate surface area is 169 Å². The standard InChI is InChI=1S/C21H24BNO6/c1-13-4-5-14(2)21-20(13)16(12-28-21)11-19(29-22(25)26)23-18(24)10-15-6-8-17(27-3)9-7-15/h4-9,12,19,25-26H,10-11H2,1-3H3,(H,23,24)/t19-/m1/s1. The summed E-state index contributed by atoms with van der Waals surface area (Å²) in [5.74, 6) is 0.401. The highest BCUT2D eigenvalue weighted by Gasteiger charge is 2.23. The fourth-order valence-corrected chi connectivity index (χ4v) is 3.31. The largest absolute Gasteiger partial charge is 0.635 e. The van der Waals surface area contributed by atoms with E-state index in [4.69, 9.17) is 13.8 Å². The summed E-state index contributed by atoms with van der Waals surface area (Å²) < 4.78 is 15.9. The number of methoxy groups -OCH3 is 1. The third-order valence-corrected chi connectivity index (χ3v) is 4.74. The van der Waals surface area contributed by atoms with Gasteiger partial charge in [0.25, 0.3) is 0 Å². The average Bonchev–Trinajstić information content (AvgIpc) is 3.09. The molecule has 0 aliphatic carbocycles. The van der Waals surface area contributed by atoms with E-state index in [9.17, 15) is 14.8 Å². The first kappa shape index (κ1) is 20.9. The van der Waals surface area contributed by atoms with Gasteiger partial charge in [-0.05, 0) is 42.7 Å². The van der Waals surface area contributed by atoms with Crippen molar-refractivity contribution in [2.75, 3.05) is 7.11 Å². The van der Waals surface area contributed by atoms with E-state index < -0.39 is 13.5 Å². The van der Waals surface area contributed by atoms with Gasteiger partial charge in [-0.15, -0.1) is 0 Å². The molecule has 152 valence electrons. The summed E-state index contributed by atoms with van der Waals surface area (Å²) in [5, 5.41) is 22.2. The number of hydrogen-bond acceptors (Lipinski definition) is 6. The summed E-state index contributed by atoms with van der Waals surface area (Å²) in [5.41, 5.74) is 4.42. The normalized spacial score (nSPS) is 12.0. The molecule has 29 heavy (non-hydrogen) atoms. The lowest BCUT2D eigenvalue weighted by atomic mass is 10.0. The van der Waals surface area contributed by atoms with E-state index in [2.05, 4.69) is 5.32 Å². The minimum atomic E-state index is -2.01.